The predicted molar refractivity (Wildman–Crippen MR) is 227 cm³/mol. The Morgan fingerprint density at radius 2 is 2.07 bits per heavy atom. The second-order valence-electron chi connectivity index (χ2n) is 17.1. The first-order valence-corrected chi connectivity index (χ1v) is 22.9. The van der Waals surface area contributed by atoms with Gasteiger partial charge < -0.3 is 34.3 Å². The number of rotatable bonds is 7. The van der Waals surface area contributed by atoms with Crippen molar-refractivity contribution in [2.24, 2.45) is 29.2 Å². The van der Waals surface area contributed by atoms with Gasteiger partial charge in [-0.3, -0.25) is 14.3 Å². The summed E-state index contributed by atoms with van der Waals surface area (Å²) in [5.41, 5.74) is 4.63. The van der Waals surface area contributed by atoms with E-state index in [9.17, 15) is 13.8 Å². The number of ether oxygens (including phenoxy) is 3. The van der Waals surface area contributed by atoms with Crippen LogP contribution in [0.5, 0.6) is 5.75 Å². The van der Waals surface area contributed by atoms with Gasteiger partial charge in [-0.2, -0.15) is 0 Å². The molecule has 8 rings (SSSR count). The molecule has 14 heteroatoms. The molecule has 2 aromatic carbocycles. The minimum Gasteiger partial charge on any atom is -0.490 e. The number of carbonyl (C=O) groups is 2. The number of amides is 2. The summed E-state index contributed by atoms with van der Waals surface area (Å²) < 4.78 is 42.1. The Labute approximate surface area is 347 Å². The smallest absolute Gasteiger partial charge is 0.286 e. The molecular weight excluding hydrogens is 776 g/mol. The summed E-state index contributed by atoms with van der Waals surface area (Å²) >= 11 is 6.49. The molecule has 2 fully saturated rings. The Morgan fingerprint density at radius 1 is 1.19 bits per heavy atom. The molecule has 3 aromatic rings. The van der Waals surface area contributed by atoms with Crippen LogP contribution in [-0.4, -0.2) is 91.6 Å². The van der Waals surface area contributed by atoms with Crippen LogP contribution in [0.3, 0.4) is 0 Å². The summed E-state index contributed by atoms with van der Waals surface area (Å²) in [6, 6.07) is 13.6. The number of anilines is 1. The summed E-state index contributed by atoms with van der Waals surface area (Å²) in [6.45, 7) is 7.40. The Balaban J connectivity index is 1.10. The molecule has 1 aromatic heterocycles. The lowest BCUT2D eigenvalue weighted by molar-refractivity contribution is 0.0131. The maximum Gasteiger partial charge on any atom is 0.286 e. The fourth-order valence-electron chi connectivity index (χ4n) is 9.61. The Bertz CT molecular complexity index is 2160. The zero-order chi connectivity index (χ0) is 40.4. The third kappa shape index (κ3) is 8.90. The number of hydrogen-bond acceptors (Lipinski definition) is 9. The number of morpholine rings is 1. The van der Waals surface area contributed by atoms with Gasteiger partial charge in [0.05, 0.1) is 42.9 Å². The minimum atomic E-state index is -3.57. The number of hydrogen-bond donors (Lipinski definition) is 3. The number of aromatic nitrogens is 1. The molecule has 0 unspecified atom stereocenters. The lowest BCUT2D eigenvalue weighted by Gasteiger charge is -2.46. The highest BCUT2D eigenvalue weighted by atomic mass is 35.5. The molecule has 2 aliphatic carbocycles. The molecule has 58 heavy (non-hydrogen) atoms. The monoisotopic (exact) mass is 832 g/mol. The van der Waals surface area contributed by atoms with Crippen molar-refractivity contribution in [3.8, 4) is 5.75 Å². The molecule has 1 spiro atoms. The Hall–Kier alpha value is -3.72. The van der Waals surface area contributed by atoms with Gasteiger partial charge in [-0.05, 0) is 104 Å². The van der Waals surface area contributed by atoms with Gasteiger partial charge in [-0.15, -0.1) is 4.36 Å². The second-order valence-corrected chi connectivity index (χ2v) is 19.5. The van der Waals surface area contributed by atoms with Gasteiger partial charge in [0.2, 0.25) is 0 Å². The minimum absolute atomic E-state index is 0.00233. The van der Waals surface area contributed by atoms with Crippen molar-refractivity contribution in [3.05, 3.63) is 93.8 Å². The molecule has 3 aliphatic heterocycles. The SMILES string of the molecule is CO[C@H]1/C=C/C[C@H](C)C[S@@](=O)(NC(=O)c2cc(CNC[C@H]3COCCN3)n(C)c2)=NC(=O)c2ccc3c(c2)N(C[C@@H]2CC[C@H]21)C[C@@]1(CCCc2cc(Cl)ccc21)CO3. The van der Waals surface area contributed by atoms with E-state index < -0.39 is 21.7 Å². The lowest BCUT2D eigenvalue weighted by Crippen LogP contribution is -2.49. The van der Waals surface area contributed by atoms with Crippen LogP contribution >= 0.6 is 11.6 Å². The lowest BCUT2D eigenvalue weighted by atomic mass is 9.68. The van der Waals surface area contributed by atoms with E-state index in [2.05, 4.69) is 48.9 Å². The molecule has 1 saturated heterocycles. The number of halogens is 1. The second kappa shape index (κ2) is 17.5. The highest BCUT2D eigenvalue weighted by Crippen LogP contribution is 2.47. The summed E-state index contributed by atoms with van der Waals surface area (Å²) in [5, 5.41) is 7.61. The highest BCUT2D eigenvalue weighted by Gasteiger charge is 2.44. The third-order valence-corrected chi connectivity index (χ3v) is 15.1. The van der Waals surface area contributed by atoms with Gasteiger partial charge in [0.1, 0.15) is 15.7 Å². The Morgan fingerprint density at radius 3 is 2.86 bits per heavy atom. The van der Waals surface area contributed by atoms with Gasteiger partial charge in [0.15, 0.2) is 0 Å². The third-order valence-electron chi connectivity index (χ3n) is 12.8. The number of methoxy groups -OCH3 is 1. The van der Waals surface area contributed by atoms with Crippen molar-refractivity contribution in [3.63, 3.8) is 0 Å². The number of nitrogens with zero attached hydrogens (tertiary/aromatic N) is 3. The molecule has 312 valence electrons. The highest BCUT2D eigenvalue weighted by molar-refractivity contribution is 7.92. The maximum absolute atomic E-state index is 14.8. The van der Waals surface area contributed by atoms with Gasteiger partial charge >= 0.3 is 0 Å². The quantitative estimate of drug-likeness (QED) is 0.252. The van der Waals surface area contributed by atoms with Crippen molar-refractivity contribution in [2.75, 3.05) is 63.8 Å². The van der Waals surface area contributed by atoms with E-state index in [1.54, 1.807) is 25.4 Å². The van der Waals surface area contributed by atoms with Crippen LogP contribution < -0.4 is 25.0 Å². The number of allylic oxidation sites excluding steroid dienone is 1. The van der Waals surface area contributed by atoms with E-state index in [-0.39, 0.29) is 29.2 Å². The first-order valence-electron chi connectivity index (χ1n) is 20.8. The molecule has 3 N–H and O–H groups in total. The van der Waals surface area contributed by atoms with Gasteiger partial charge in [0, 0.05) is 80.8 Å². The van der Waals surface area contributed by atoms with Crippen molar-refractivity contribution in [2.45, 2.75) is 69.6 Å². The van der Waals surface area contributed by atoms with Crippen LogP contribution in [-0.2, 0) is 44.8 Å². The van der Waals surface area contributed by atoms with Crippen LogP contribution in [0.25, 0.3) is 0 Å². The van der Waals surface area contributed by atoms with Crippen LogP contribution in [0.1, 0.15) is 76.6 Å². The van der Waals surface area contributed by atoms with Gasteiger partial charge in [-0.25, -0.2) is 4.21 Å². The van der Waals surface area contributed by atoms with E-state index in [0.29, 0.717) is 68.0 Å². The fourth-order valence-corrected chi connectivity index (χ4v) is 11.7. The number of fused-ring (bicyclic) bond motifs is 4. The largest absolute Gasteiger partial charge is 0.490 e. The normalized spacial score (nSPS) is 30.5. The first-order chi connectivity index (χ1) is 28.0. The zero-order valence-corrected chi connectivity index (χ0v) is 35.4. The van der Waals surface area contributed by atoms with Crippen LogP contribution in [0.4, 0.5) is 5.69 Å². The Kier molecular flexibility index (Phi) is 12.4. The number of aryl methyl sites for hydroxylation is 2. The van der Waals surface area contributed by atoms with Gasteiger partial charge in [-0.1, -0.05) is 36.7 Å². The van der Waals surface area contributed by atoms with Crippen molar-refractivity contribution >= 4 is 39.0 Å². The summed E-state index contributed by atoms with van der Waals surface area (Å²) in [4.78, 5) is 30.5. The molecule has 7 atom stereocenters. The average molecular weight is 833 g/mol. The molecule has 5 aliphatic rings. The number of benzene rings is 2. The van der Waals surface area contributed by atoms with Crippen molar-refractivity contribution in [1.29, 1.82) is 0 Å². The van der Waals surface area contributed by atoms with Crippen molar-refractivity contribution in [1.82, 2.24) is 19.9 Å². The summed E-state index contributed by atoms with van der Waals surface area (Å²) in [5.74, 6) is 0.0803. The first kappa shape index (κ1) is 41.0. The van der Waals surface area contributed by atoms with E-state index in [1.165, 1.54) is 11.1 Å². The van der Waals surface area contributed by atoms with Gasteiger partial charge in [0.25, 0.3) is 11.8 Å². The average Bonchev–Trinajstić information content (AvgIpc) is 3.49. The topological polar surface area (TPSA) is 136 Å². The number of carbonyl (C=O) groups excluding carboxylic acids is 2. The van der Waals surface area contributed by atoms with Crippen LogP contribution in [0, 0.1) is 17.8 Å². The molecule has 2 bridgehead atoms. The zero-order valence-electron chi connectivity index (χ0n) is 33.8. The molecule has 1 saturated carbocycles. The van der Waals surface area contributed by atoms with Crippen LogP contribution in [0.15, 0.2) is 65.2 Å². The standard InChI is InChI=1S/C44H57ClN6O6S/c1-29-6-4-8-40(55-3)37-12-9-32(37)24-51-27-44(15-5-7-30-18-34(45)11-13-38(30)44)28-57-41-14-10-31(20-39(41)51)42(52)48-58(54,26-29)49-43(53)33-19-36(50(2)23-33)22-46-21-35-25-56-17-16-47-35/h4,8,10-11,13-14,18-20,23,29,32,35,37,40,46-47H,5-7,9,12,15-17,21-22,24-28H2,1-3H3,(H,48,49,52,53,54)/b8-4+/t29-,32-,35-,37+,40-,44-,58-/m0/s1. The molecule has 12 nitrogen and oxygen atoms in total. The molecule has 0 radical (unpaired) electrons. The fraction of sp³-hybridized carbons (Fsp3) is 0.545. The molecule has 2 amide bonds. The molecular formula is C44H57ClN6O6S. The predicted octanol–water partition coefficient (Wildman–Crippen LogP) is 5.82. The van der Waals surface area contributed by atoms with Crippen LogP contribution in [0.2, 0.25) is 5.02 Å². The number of nitrogens with one attached hydrogen (secondary N) is 3. The van der Waals surface area contributed by atoms with E-state index in [1.807, 2.05) is 36.7 Å². The summed E-state index contributed by atoms with van der Waals surface area (Å²) in [6.07, 6.45) is 11.6. The van der Waals surface area contributed by atoms with E-state index in [4.69, 9.17) is 25.8 Å². The maximum atomic E-state index is 14.8. The van der Waals surface area contributed by atoms with E-state index in [0.717, 1.165) is 68.1 Å². The van der Waals surface area contributed by atoms with E-state index >= 15 is 0 Å². The molecule has 4 heterocycles. The van der Waals surface area contributed by atoms with Crippen molar-refractivity contribution < 1.29 is 28.0 Å². The summed E-state index contributed by atoms with van der Waals surface area (Å²) in [7, 11) is 0.0779.